The lowest BCUT2D eigenvalue weighted by Gasteiger charge is -2.17. The molecule has 7 heteroatoms. The number of nitriles is 1. The molecule has 0 atom stereocenters. The molecule has 0 radical (unpaired) electrons. The Morgan fingerprint density at radius 2 is 1.95 bits per heavy atom. The summed E-state index contributed by atoms with van der Waals surface area (Å²) in [5.41, 5.74) is 0.479. The molecule has 2 aromatic rings. The molecule has 1 aromatic carbocycles. The van der Waals surface area contributed by atoms with Crippen LogP contribution in [-0.4, -0.2) is 24.8 Å². The first-order valence-corrected chi connectivity index (χ1v) is 7.44. The SMILES string of the molecule is CN(Cc1ccncc1)S(=O)(=O)c1ccc(F)c(C#N)c1. The third kappa shape index (κ3) is 3.24. The third-order valence-corrected chi connectivity index (χ3v) is 4.72. The predicted molar refractivity (Wildman–Crippen MR) is 74.0 cm³/mol. The average molecular weight is 305 g/mol. The number of hydrogen-bond donors (Lipinski definition) is 0. The molecule has 0 saturated carbocycles. The zero-order valence-corrected chi connectivity index (χ0v) is 12.0. The van der Waals surface area contributed by atoms with E-state index in [9.17, 15) is 12.8 Å². The molecule has 0 unspecified atom stereocenters. The van der Waals surface area contributed by atoms with Crippen LogP contribution in [0.1, 0.15) is 11.1 Å². The van der Waals surface area contributed by atoms with Crippen LogP contribution in [0.15, 0.2) is 47.6 Å². The van der Waals surface area contributed by atoms with Gasteiger partial charge in [-0.15, -0.1) is 0 Å². The van der Waals surface area contributed by atoms with Crippen molar-refractivity contribution >= 4 is 10.0 Å². The molecular weight excluding hydrogens is 293 g/mol. The van der Waals surface area contributed by atoms with E-state index in [4.69, 9.17) is 5.26 Å². The molecule has 108 valence electrons. The van der Waals surface area contributed by atoms with Crippen molar-refractivity contribution in [3.63, 3.8) is 0 Å². The van der Waals surface area contributed by atoms with Gasteiger partial charge in [0.15, 0.2) is 0 Å². The summed E-state index contributed by atoms with van der Waals surface area (Å²) in [6, 6.07) is 8.20. The quantitative estimate of drug-likeness (QED) is 0.865. The van der Waals surface area contributed by atoms with E-state index in [1.54, 1.807) is 30.6 Å². The highest BCUT2D eigenvalue weighted by atomic mass is 32.2. The van der Waals surface area contributed by atoms with Crippen molar-refractivity contribution in [1.82, 2.24) is 9.29 Å². The number of pyridine rings is 1. The smallest absolute Gasteiger partial charge is 0.243 e. The normalized spacial score (nSPS) is 11.3. The number of nitrogens with zero attached hydrogens (tertiary/aromatic N) is 3. The Balaban J connectivity index is 2.31. The second kappa shape index (κ2) is 5.99. The Kier molecular flexibility index (Phi) is 4.31. The minimum Gasteiger partial charge on any atom is -0.265 e. The fraction of sp³-hybridized carbons (Fsp3) is 0.143. The van der Waals surface area contributed by atoms with E-state index in [1.807, 2.05) is 0 Å². The Bertz CT molecular complexity index is 786. The molecule has 21 heavy (non-hydrogen) atoms. The largest absolute Gasteiger partial charge is 0.265 e. The Labute approximate surface area is 122 Å². The van der Waals surface area contributed by atoms with Gasteiger partial charge < -0.3 is 0 Å². The summed E-state index contributed by atoms with van der Waals surface area (Å²) in [5, 5.41) is 8.78. The molecule has 5 nitrogen and oxygen atoms in total. The maximum absolute atomic E-state index is 13.3. The molecule has 0 aliphatic heterocycles. The van der Waals surface area contributed by atoms with Crippen LogP contribution in [0.5, 0.6) is 0 Å². The fourth-order valence-electron chi connectivity index (χ4n) is 1.76. The second-order valence-electron chi connectivity index (χ2n) is 4.37. The van der Waals surface area contributed by atoms with Crippen LogP contribution in [0.4, 0.5) is 4.39 Å². The van der Waals surface area contributed by atoms with Crippen LogP contribution in [0.25, 0.3) is 0 Å². The number of aromatic nitrogens is 1. The average Bonchev–Trinajstić information content (AvgIpc) is 2.48. The number of halogens is 1. The zero-order chi connectivity index (χ0) is 15.5. The van der Waals surface area contributed by atoms with Crippen LogP contribution >= 0.6 is 0 Å². The highest BCUT2D eigenvalue weighted by Crippen LogP contribution is 2.19. The van der Waals surface area contributed by atoms with Crippen molar-refractivity contribution in [2.45, 2.75) is 11.4 Å². The number of benzene rings is 1. The van der Waals surface area contributed by atoms with Crippen LogP contribution in [0, 0.1) is 17.1 Å². The first-order chi connectivity index (χ1) is 9.95. The van der Waals surface area contributed by atoms with Crippen molar-refractivity contribution in [2.24, 2.45) is 0 Å². The molecule has 1 aromatic heterocycles. The van der Waals surface area contributed by atoms with Crippen LogP contribution in [0.3, 0.4) is 0 Å². The van der Waals surface area contributed by atoms with Gasteiger partial charge in [0.25, 0.3) is 0 Å². The van der Waals surface area contributed by atoms with Gasteiger partial charge in [-0.1, -0.05) is 0 Å². The van der Waals surface area contributed by atoms with E-state index < -0.39 is 15.8 Å². The van der Waals surface area contributed by atoms with Crippen molar-refractivity contribution in [3.8, 4) is 6.07 Å². The Morgan fingerprint density at radius 1 is 1.29 bits per heavy atom. The van der Waals surface area contributed by atoms with Gasteiger partial charge in [-0.3, -0.25) is 4.98 Å². The van der Waals surface area contributed by atoms with Crippen molar-refractivity contribution in [3.05, 3.63) is 59.7 Å². The van der Waals surface area contributed by atoms with Crippen LogP contribution in [0.2, 0.25) is 0 Å². The van der Waals surface area contributed by atoms with E-state index in [2.05, 4.69) is 4.98 Å². The molecule has 1 heterocycles. The van der Waals surface area contributed by atoms with E-state index in [1.165, 1.54) is 7.05 Å². The number of sulfonamides is 1. The topological polar surface area (TPSA) is 74.1 Å². The summed E-state index contributed by atoms with van der Waals surface area (Å²) in [5.74, 6) is -0.742. The van der Waals surface area contributed by atoms with Gasteiger partial charge >= 0.3 is 0 Å². The lowest BCUT2D eigenvalue weighted by Crippen LogP contribution is -2.26. The maximum atomic E-state index is 13.3. The standard InChI is InChI=1S/C14H12FN3O2S/c1-18(10-11-4-6-17-7-5-11)21(19,20)13-2-3-14(15)12(8-13)9-16/h2-8H,10H2,1H3. The molecule has 0 N–H and O–H groups in total. The Morgan fingerprint density at radius 3 is 2.57 bits per heavy atom. The van der Waals surface area contributed by atoms with Crippen molar-refractivity contribution < 1.29 is 12.8 Å². The molecule has 0 aliphatic carbocycles. The summed E-state index contributed by atoms with van der Waals surface area (Å²) in [4.78, 5) is 3.75. The summed E-state index contributed by atoms with van der Waals surface area (Å²) in [6.45, 7) is 0.157. The summed E-state index contributed by atoms with van der Waals surface area (Å²) >= 11 is 0. The summed E-state index contributed by atoms with van der Waals surface area (Å²) in [6.07, 6.45) is 3.14. The fourth-order valence-corrected chi connectivity index (χ4v) is 2.95. The van der Waals surface area contributed by atoms with Crippen LogP contribution < -0.4 is 0 Å². The first-order valence-electron chi connectivity index (χ1n) is 6.00. The minimum absolute atomic E-state index is 0.114. The molecule has 0 amide bonds. The molecule has 2 rings (SSSR count). The van der Waals surface area contributed by atoms with Crippen molar-refractivity contribution in [1.29, 1.82) is 5.26 Å². The lowest BCUT2D eigenvalue weighted by atomic mass is 10.2. The van der Waals surface area contributed by atoms with Crippen LogP contribution in [-0.2, 0) is 16.6 Å². The van der Waals surface area contributed by atoms with Gasteiger partial charge in [0.05, 0.1) is 10.5 Å². The van der Waals surface area contributed by atoms with Gasteiger partial charge in [0, 0.05) is 26.0 Å². The molecule has 0 saturated heterocycles. The molecule has 0 bridgehead atoms. The zero-order valence-electron chi connectivity index (χ0n) is 11.2. The molecule has 0 fully saturated rings. The van der Waals surface area contributed by atoms with E-state index >= 15 is 0 Å². The van der Waals surface area contributed by atoms with Gasteiger partial charge in [-0.2, -0.15) is 9.57 Å². The first kappa shape index (κ1) is 15.1. The highest BCUT2D eigenvalue weighted by molar-refractivity contribution is 7.89. The second-order valence-corrected chi connectivity index (χ2v) is 6.41. The predicted octanol–water partition coefficient (Wildman–Crippen LogP) is 1.91. The third-order valence-electron chi connectivity index (χ3n) is 2.92. The minimum atomic E-state index is -3.79. The Hall–Kier alpha value is -2.30. The van der Waals surface area contributed by atoms with E-state index in [0.717, 1.165) is 28.1 Å². The monoisotopic (exact) mass is 305 g/mol. The summed E-state index contributed by atoms with van der Waals surface area (Å²) in [7, 11) is -2.37. The van der Waals surface area contributed by atoms with Crippen molar-refractivity contribution in [2.75, 3.05) is 7.05 Å². The number of hydrogen-bond acceptors (Lipinski definition) is 4. The van der Waals surface area contributed by atoms with Gasteiger partial charge in [-0.05, 0) is 35.9 Å². The molecule has 0 spiro atoms. The number of rotatable bonds is 4. The summed E-state index contributed by atoms with van der Waals surface area (Å²) < 4.78 is 39.2. The molecular formula is C14H12FN3O2S. The molecule has 0 aliphatic rings. The van der Waals surface area contributed by atoms with E-state index in [0.29, 0.717) is 0 Å². The van der Waals surface area contributed by atoms with Gasteiger partial charge in [0.1, 0.15) is 11.9 Å². The lowest BCUT2D eigenvalue weighted by molar-refractivity contribution is 0.466. The maximum Gasteiger partial charge on any atom is 0.243 e. The van der Waals surface area contributed by atoms with Gasteiger partial charge in [0.2, 0.25) is 10.0 Å². The van der Waals surface area contributed by atoms with Gasteiger partial charge in [-0.25, -0.2) is 12.8 Å². The van der Waals surface area contributed by atoms with E-state index in [-0.39, 0.29) is 17.0 Å². The highest BCUT2D eigenvalue weighted by Gasteiger charge is 2.22.